The summed E-state index contributed by atoms with van der Waals surface area (Å²) >= 11 is 0. The lowest BCUT2D eigenvalue weighted by Crippen LogP contribution is -2.10. The van der Waals surface area contributed by atoms with Crippen molar-refractivity contribution in [3.05, 3.63) is 41.2 Å². The van der Waals surface area contributed by atoms with Crippen LogP contribution in [0.25, 0.3) is 11.2 Å². The van der Waals surface area contributed by atoms with E-state index < -0.39 is 0 Å². The number of carbonyl (C=O) groups is 1. The van der Waals surface area contributed by atoms with E-state index in [1.165, 1.54) is 0 Å². The van der Waals surface area contributed by atoms with Crippen molar-refractivity contribution in [1.29, 1.82) is 0 Å². The highest BCUT2D eigenvalue weighted by molar-refractivity contribution is 5.95. The molecule has 0 spiro atoms. The first kappa shape index (κ1) is 18.0. The highest BCUT2D eigenvalue weighted by Gasteiger charge is 2.18. The zero-order valence-corrected chi connectivity index (χ0v) is 15.8. The Bertz CT molecular complexity index is 944. The van der Waals surface area contributed by atoms with Crippen molar-refractivity contribution < 1.29 is 4.79 Å². The standard InChI is InChI=1S/C19H24N6O/c1-11(2)17-21-18(16-19(22-17)25(12(3)4)24-23-16)20-10-14-8-6-7-9-15(14)13(5)26/h6-9,11-12H,10H2,1-5H3,(H,20,21,22). The number of anilines is 1. The number of hydrogen-bond acceptors (Lipinski definition) is 6. The molecule has 1 aromatic carbocycles. The molecule has 3 aromatic rings. The lowest BCUT2D eigenvalue weighted by molar-refractivity contribution is 0.101. The number of benzene rings is 1. The van der Waals surface area contributed by atoms with Gasteiger partial charge in [-0.1, -0.05) is 43.3 Å². The molecule has 3 rings (SSSR count). The summed E-state index contributed by atoms with van der Waals surface area (Å²) in [7, 11) is 0. The second-order valence-corrected chi connectivity index (χ2v) is 6.95. The molecule has 0 fully saturated rings. The molecule has 2 heterocycles. The molecule has 0 saturated heterocycles. The van der Waals surface area contributed by atoms with Gasteiger partial charge in [0, 0.05) is 18.0 Å². The Labute approximate surface area is 152 Å². The van der Waals surface area contributed by atoms with Gasteiger partial charge in [-0.25, -0.2) is 14.6 Å². The molecule has 2 aromatic heterocycles. The minimum atomic E-state index is 0.0452. The van der Waals surface area contributed by atoms with E-state index >= 15 is 0 Å². The van der Waals surface area contributed by atoms with Gasteiger partial charge in [0.25, 0.3) is 0 Å². The Morgan fingerprint density at radius 3 is 2.54 bits per heavy atom. The van der Waals surface area contributed by atoms with E-state index in [2.05, 4.69) is 39.4 Å². The summed E-state index contributed by atoms with van der Waals surface area (Å²) in [5, 5.41) is 11.8. The molecule has 0 aliphatic heterocycles. The molecular formula is C19H24N6O. The lowest BCUT2D eigenvalue weighted by atomic mass is 10.0. The molecule has 0 saturated carbocycles. The molecule has 0 amide bonds. The molecule has 0 radical (unpaired) electrons. The first-order valence-electron chi connectivity index (χ1n) is 8.84. The molecule has 0 unspecified atom stereocenters. The topological polar surface area (TPSA) is 85.6 Å². The summed E-state index contributed by atoms with van der Waals surface area (Å²) in [5.74, 6) is 1.61. The molecule has 1 N–H and O–H groups in total. The Morgan fingerprint density at radius 1 is 1.15 bits per heavy atom. The SMILES string of the molecule is CC(=O)c1ccccc1CNc1nc(C(C)C)nc2c1nnn2C(C)C. The maximum absolute atomic E-state index is 11.8. The average molecular weight is 352 g/mol. The van der Waals surface area contributed by atoms with E-state index in [0.717, 1.165) is 17.0 Å². The van der Waals surface area contributed by atoms with Crippen molar-refractivity contribution in [3.8, 4) is 0 Å². The molecule has 7 nitrogen and oxygen atoms in total. The van der Waals surface area contributed by atoms with E-state index in [-0.39, 0.29) is 17.7 Å². The predicted octanol–water partition coefficient (Wildman–Crippen LogP) is 3.74. The first-order valence-corrected chi connectivity index (χ1v) is 8.84. The Balaban J connectivity index is 2.01. The normalized spacial score (nSPS) is 11.5. The van der Waals surface area contributed by atoms with Crippen molar-refractivity contribution in [2.45, 2.75) is 53.1 Å². The third kappa shape index (κ3) is 3.42. The first-order chi connectivity index (χ1) is 12.4. The van der Waals surface area contributed by atoms with E-state index in [1.54, 1.807) is 11.6 Å². The summed E-state index contributed by atoms with van der Waals surface area (Å²) in [6.07, 6.45) is 0. The van der Waals surface area contributed by atoms with Gasteiger partial charge in [0.15, 0.2) is 22.8 Å². The van der Waals surface area contributed by atoms with Gasteiger partial charge < -0.3 is 5.32 Å². The lowest BCUT2D eigenvalue weighted by Gasteiger charge is -2.12. The number of carbonyl (C=O) groups excluding carboxylic acids is 1. The second-order valence-electron chi connectivity index (χ2n) is 6.95. The van der Waals surface area contributed by atoms with Crippen LogP contribution in [-0.2, 0) is 6.54 Å². The van der Waals surface area contributed by atoms with E-state index in [4.69, 9.17) is 0 Å². The number of Topliss-reactive ketones (excluding diaryl/α,β-unsaturated/α-hetero) is 1. The summed E-state index contributed by atoms with van der Waals surface area (Å²) in [5.41, 5.74) is 3.00. The van der Waals surface area contributed by atoms with Crippen LogP contribution < -0.4 is 5.32 Å². The smallest absolute Gasteiger partial charge is 0.184 e. The molecule has 0 atom stereocenters. The molecule has 136 valence electrons. The molecule has 0 bridgehead atoms. The second kappa shape index (κ2) is 7.19. The highest BCUT2D eigenvalue weighted by Crippen LogP contribution is 2.24. The quantitative estimate of drug-likeness (QED) is 0.680. The van der Waals surface area contributed by atoms with Crippen molar-refractivity contribution in [3.63, 3.8) is 0 Å². The van der Waals surface area contributed by atoms with Gasteiger partial charge in [-0.05, 0) is 26.3 Å². The number of ketones is 1. The zero-order chi connectivity index (χ0) is 18.8. The number of aromatic nitrogens is 5. The largest absolute Gasteiger partial charge is 0.364 e. The van der Waals surface area contributed by atoms with Crippen LogP contribution in [-0.4, -0.2) is 30.7 Å². The van der Waals surface area contributed by atoms with Crippen LogP contribution >= 0.6 is 0 Å². The van der Waals surface area contributed by atoms with E-state index in [9.17, 15) is 4.79 Å². The molecule has 0 aliphatic carbocycles. The predicted molar refractivity (Wildman–Crippen MR) is 101 cm³/mol. The third-order valence-corrected chi connectivity index (χ3v) is 4.19. The van der Waals surface area contributed by atoms with Crippen molar-refractivity contribution in [2.24, 2.45) is 0 Å². The maximum Gasteiger partial charge on any atom is 0.184 e. The monoisotopic (exact) mass is 352 g/mol. The number of nitrogens with one attached hydrogen (secondary N) is 1. The Morgan fingerprint density at radius 2 is 1.88 bits per heavy atom. The minimum Gasteiger partial charge on any atom is -0.364 e. The summed E-state index contributed by atoms with van der Waals surface area (Å²) < 4.78 is 1.80. The molecule has 26 heavy (non-hydrogen) atoms. The van der Waals surface area contributed by atoms with Crippen LogP contribution in [0.15, 0.2) is 24.3 Å². The summed E-state index contributed by atoms with van der Waals surface area (Å²) in [6.45, 7) is 10.3. The van der Waals surface area contributed by atoms with Crippen LogP contribution in [0.1, 0.15) is 68.3 Å². The van der Waals surface area contributed by atoms with Gasteiger partial charge >= 0.3 is 0 Å². The van der Waals surface area contributed by atoms with Crippen molar-refractivity contribution in [1.82, 2.24) is 25.0 Å². The average Bonchev–Trinajstić information content (AvgIpc) is 3.04. The van der Waals surface area contributed by atoms with Crippen LogP contribution in [0.2, 0.25) is 0 Å². The Kier molecular flexibility index (Phi) is 4.97. The molecule has 0 aliphatic rings. The third-order valence-electron chi connectivity index (χ3n) is 4.19. The van der Waals surface area contributed by atoms with Gasteiger partial charge in [0.05, 0.1) is 6.04 Å². The van der Waals surface area contributed by atoms with Gasteiger partial charge in [-0.2, -0.15) is 0 Å². The summed E-state index contributed by atoms with van der Waals surface area (Å²) in [6, 6.07) is 7.73. The fraction of sp³-hybridized carbons (Fsp3) is 0.421. The van der Waals surface area contributed by atoms with Crippen LogP contribution in [0.3, 0.4) is 0 Å². The fourth-order valence-corrected chi connectivity index (χ4v) is 2.77. The number of fused-ring (bicyclic) bond motifs is 1. The Hall–Kier alpha value is -2.83. The summed E-state index contributed by atoms with van der Waals surface area (Å²) in [4.78, 5) is 21.1. The van der Waals surface area contributed by atoms with Crippen LogP contribution in [0.4, 0.5) is 5.82 Å². The van der Waals surface area contributed by atoms with Gasteiger partial charge in [-0.15, -0.1) is 5.10 Å². The fourth-order valence-electron chi connectivity index (χ4n) is 2.77. The minimum absolute atomic E-state index is 0.0452. The van der Waals surface area contributed by atoms with Gasteiger partial charge in [-0.3, -0.25) is 4.79 Å². The number of hydrogen-bond donors (Lipinski definition) is 1. The number of rotatable bonds is 6. The maximum atomic E-state index is 11.8. The molecular weight excluding hydrogens is 328 g/mol. The van der Waals surface area contributed by atoms with E-state index in [0.29, 0.717) is 23.4 Å². The molecule has 7 heteroatoms. The van der Waals surface area contributed by atoms with Crippen molar-refractivity contribution in [2.75, 3.05) is 5.32 Å². The van der Waals surface area contributed by atoms with Crippen molar-refractivity contribution >= 4 is 22.8 Å². The highest BCUT2D eigenvalue weighted by atomic mass is 16.1. The zero-order valence-electron chi connectivity index (χ0n) is 15.8. The van der Waals surface area contributed by atoms with Crippen LogP contribution in [0.5, 0.6) is 0 Å². The van der Waals surface area contributed by atoms with Crippen LogP contribution in [0, 0.1) is 0 Å². The number of nitrogens with zero attached hydrogens (tertiary/aromatic N) is 5. The van der Waals surface area contributed by atoms with E-state index in [1.807, 2.05) is 38.1 Å². The van der Waals surface area contributed by atoms with Gasteiger partial charge in [0.2, 0.25) is 0 Å². The van der Waals surface area contributed by atoms with Gasteiger partial charge in [0.1, 0.15) is 5.82 Å².